The van der Waals surface area contributed by atoms with Gasteiger partial charge in [-0.2, -0.15) is 0 Å². The maximum atomic E-state index is 6.12. The molecule has 0 aliphatic heterocycles. The summed E-state index contributed by atoms with van der Waals surface area (Å²) in [5.74, 6) is 1.25. The number of nitrogen functional groups attached to an aromatic ring is 1. The smallest absolute Gasteiger partial charge is 0.270 e. The van der Waals surface area contributed by atoms with Gasteiger partial charge in [0.15, 0.2) is 11.5 Å². The van der Waals surface area contributed by atoms with Gasteiger partial charge in [-0.05, 0) is 30.5 Å². The van der Waals surface area contributed by atoms with Gasteiger partial charge in [-0.15, -0.1) is 10.2 Å². The monoisotopic (exact) mass is 346 g/mol. The molecular weight excluding hydrogens is 328 g/mol. The van der Waals surface area contributed by atoms with Gasteiger partial charge in [0.25, 0.3) is 5.89 Å². The van der Waals surface area contributed by atoms with Gasteiger partial charge in [-0.25, -0.2) is 9.97 Å². The van der Waals surface area contributed by atoms with Crippen LogP contribution in [0.3, 0.4) is 0 Å². The maximum Gasteiger partial charge on any atom is 0.270 e. The fourth-order valence-electron chi connectivity index (χ4n) is 2.85. The molecule has 7 heteroatoms. The topological polar surface area (TPSA) is 117 Å². The summed E-state index contributed by atoms with van der Waals surface area (Å²) in [6.45, 7) is 2.12. The Balaban J connectivity index is 1.74. The van der Waals surface area contributed by atoms with E-state index in [1.165, 1.54) is 0 Å². The minimum absolute atomic E-state index is 0.231. The Morgan fingerprint density at radius 1 is 1.08 bits per heavy atom. The van der Waals surface area contributed by atoms with Gasteiger partial charge in [0.2, 0.25) is 5.89 Å². The number of rotatable bonds is 3. The molecule has 0 spiro atoms. The zero-order valence-corrected chi connectivity index (χ0v) is 14.3. The highest BCUT2D eigenvalue weighted by atomic mass is 16.4. The van der Waals surface area contributed by atoms with E-state index in [2.05, 4.69) is 33.2 Å². The highest BCUT2D eigenvalue weighted by molar-refractivity contribution is 5.72. The summed E-state index contributed by atoms with van der Waals surface area (Å²) >= 11 is 0. The Kier molecular flexibility index (Phi) is 3.96. The minimum atomic E-state index is 0.231. The highest BCUT2D eigenvalue weighted by Crippen LogP contribution is 2.31. The van der Waals surface area contributed by atoms with Crippen LogP contribution < -0.4 is 11.5 Å². The van der Waals surface area contributed by atoms with Crippen LogP contribution in [0.1, 0.15) is 19.0 Å². The van der Waals surface area contributed by atoms with Crippen LogP contribution in [0.25, 0.3) is 28.6 Å². The third-order valence-corrected chi connectivity index (χ3v) is 4.24. The Morgan fingerprint density at radius 2 is 1.85 bits per heavy atom. The molecule has 26 heavy (non-hydrogen) atoms. The van der Waals surface area contributed by atoms with E-state index < -0.39 is 0 Å². The number of allylic oxidation sites excluding steroid dienone is 3. The van der Waals surface area contributed by atoms with Crippen molar-refractivity contribution in [1.29, 1.82) is 0 Å². The number of benzene rings is 1. The summed E-state index contributed by atoms with van der Waals surface area (Å²) in [7, 11) is 0. The van der Waals surface area contributed by atoms with E-state index in [0.29, 0.717) is 28.9 Å². The lowest BCUT2D eigenvalue weighted by Crippen LogP contribution is -2.10. The summed E-state index contributed by atoms with van der Waals surface area (Å²) in [6.07, 6.45) is 6.40. The average Bonchev–Trinajstić information content (AvgIpc) is 3.15. The van der Waals surface area contributed by atoms with Gasteiger partial charge in [0.1, 0.15) is 0 Å². The molecule has 7 nitrogen and oxygen atoms in total. The Bertz CT molecular complexity index is 1010. The molecule has 1 aliphatic carbocycles. The van der Waals surface area contributed by atoms with Gasteiger partial charge >= 0.3 is 0 Å². The van der Waals surface area contributed by atoms with Gasteiger partial charge < -0.3 is 15.9 Å². The molecule has 1 atom stereocenters. The van der Waals surface area contributed by atoms with Crippen LogP contribution in [0.2, 0.25) is 0 Å². The molecule has 2 heterocycles. The summed E-state index contributed by atoms with van der Waals surface area (Å²) < 4.78 is 5.76. The van der Waals surface area contributed by atoms with E-state index in [9.17, 15) is 0 Å². The number of nitrogens with zero attached hydrogens (tertiary/aromatic N) is 4. The third-order valence-electron chi connectivity index (χ3n) is 4.24. The molecule has 1 aromatic carbocycles. The summed E-state index contributed by atoms with van der Waals surface area (Å²) in [4.78, 5) is 8.85. The van der Waals surface area contributed by atoms with E-state index >= 15 is 0 Å². The Hall–Kier alpha value is -3.48. The number of anilines is 1. The van der Waals surface area contributed by atoms with E-state index in [-0.39, 0.29) is 11.7 Å². The first kappa shape index (κ1) is 16.0. The fraction of sp³-hybridized carbons (Fsp3) is 0.158. The fourth-order valence-corrected chi connectivity index (χ4v) is 2.85. The zero-order chi connectivity index (χ0) is 18.1. The van der Waals surface area contributed by atoms with Crippen LogP contribution in [0.15, 0.2) is 58.8 Å². The quantitative estimate of drug-likeness (QED) is 0.748. The molecule has 0 fully saturated rings. The van der Waals surface area contributed by atoms with E-state index in [4.69, 9.17) is 15.9 Å². The molecule has 0 radical (unpaired) electrons. The molecule has 130 valence electrons. The molecule has 1 aliphatic rings. The van der Waals surface area contributed by atoms with E-state index in [1.807, 2.05) is 36.4 Å². The molecule has 4 N–H and O–H groups in total. The first-order valence-electron chi connectivity index (χ1n) is 8.31. The van der Waals surface area contributed by atoms with Crippen molar-refractivity contribution >= 4 is 11.4 Å². The zero-order valence-electron chi connectivity index (χ0n) is 14.3. The second-order valence-electron chi connectivity index (χ2n) is 6.24. The average molecular weight is 346 g/mol. The van der Waals surface area contributed by atoms with E-state index in [1.54, 1.807) is 6.20 Å². The predicted molar refractivity (Wildman–Crippen MR) is 99.2 cm³/mol. The van der Waals surface area contributed by atoms with Crippen LogP contribution >= 0.6 is 0 Å². The summed E-state index contributed by atoms with van der Waals surface area (Å²) in [5, 5.41) is 8.17. The first-order chi connectivity index (χ1) is 12.6. The maximum absolute atomic E-state index is 6.12. The molecule has 1 unspecified atom stereocenters. The van der Waals surface area contributed by atoms with Crippen LogP contribution in [0.4, 0.5) is 5.82 Å². The van der Waals surface area contributed by atoms with Crippen LogP contribution in [0, 0.1) is 5.92 Å². The summed E-state index contributed by atoms with van der Waals surface area (Å²) in [5.41, 5.74) is 15.6. The first-order valence-corrected chi connectivity index (χ1v) is 8.31. The number of hydrogen-bond acceptors (Lipinski definition) is 7. The SMILES string of the molecule is CC1C=CC(N)=C(c2cnc(N)c(-c3nnc(-c4ccccc4)o3)n2)C1. The van der Waals surface area contributed by atoms with Crippen molar-refractivity contribution < 1.29 is 4.42 Å². The number of aromatic nitrogens is 4. The van der Waals surface area contributed by atoms with Crippen molar-refractivity contribution in [2.24, 2.45) is 11.7 Å². The standard InChI is InChI=1S/C19H18N6O/c1-11-7-8-14(20)13(9-11)15-10-22-17(21)16(23-15)19-25-24-18(26-19)12-5-3-2-4-6-12/h2-8,10-11H,9,20H2,1H3,(H2,21,22). The van der Waals surface area contributed by atoms with Crippen LogP contribution in [-0.4, -0.2) is 20.2 Å². The van der Waals surface area contributed by atoms with Crippen molar-refractivity contribution in [2.75, 3.05) is 5.73 Å². The second-order valence-corrected chi connectivity index (χ2v) is 6.24. The van der Waals surface area contributed by atoms with Crippen molar-refractivity contribution in [1.82, 2.24) is 20.2 Å². The van der Waals surface area contributed by atoms with Gasteiger partial charge in [0, 0.05) is 16.8 Å². The van der Waals surface area contributed by atoms with Crippen molar-refractivity contribution in [3.8, 4) is 23.0 Å². The number of hydrogen-bond donors (Lipinski definition) is 2. The van der Waals surface area contributed by atoms with Crippen molar-refractivity contribution in [3.05, 3.63) is 60.1 Å². The van der Waals surface area contributed by atoms with Crippen LogP contribution in [0.5, 0.6) is 0 Å². The molecule has 3 aromatic rings. The lowest BCUT2D eigenvalue weighted by atomic mass is 9.92. The van der Waals surface area contributed by atoms with Crippen molar-refractivity contribution in [2.45, 2.75) is 13.3 Å². The predicted octanol–water partition coefficient (Wildman–Crippen LogP) is 3.04. The summed E-state index contributed by atoms with van der Waals surface area (Å²) in [6, 6.07) is 9.52. The van der Waals surface area contributed by atoms with Gasteiger partial charge in [0.05, 0.1) is 11.9 Å². The van der Waals surface area contributed by atoms with Crippen LogP contribution in [-0.2, 0) is 0 Å². The van der Waals surface area contributed by atoms with Crippen molar-refractivity contribution in [3.63, 3.8) is 0 Å². The highest BCUT2D eigenvalue weighted by Gasteiger charge is 2.20. The third kappa shape index (κ3) is 2.95. The molecule has 0 amide bonds. The largest absolute Gasteiger partial charge is 0.414 e. The molecular formula is C19H18N6O. The Labute approximate surface area is 150 Å². The number of nitrogens with two attached hydrogens (primary N) is 2. The molecule has 0 saturated carbocycles. The minimum Gasteiger partial charge on any atom is -0.414 e. The second kappa shape index (κ2) is 6.44. The molecule has 4 rings (SSSR count). The normalized spacial score (nSPS) is 16.9. The lowest BCUT2D eigenvalue weighted by molar-refractivity contribution is 0.582. The molecule has 2 aromatic heterocycles. The van der Waals surface area contributed by atoms with Gasteiger partial charge in [-0.1, -0.05) is 31.2 Å². The Morgan fingerprint density at radius 3 is 2.65 bits per heavy atom. The van der Waals surface area contributed by atoms with Gasteiger partial charge in [-0.3, -0.25) is 0 Å². The molecule has 0 saturated heterocycles. The van der Waals surface area contributed by atoms with E-state index in [0.717, 1.165) is 17.6 Å². The molecule has 0 bridgehead atoms. The lowest BCUT2D eigenvalue weighted by Gasteiger charge is -2.17.